The Kier molecular flexibility index (Phi) is 5.34. The van der Waals surface area contributed by atoms with E-state index >= 15 is 0 Å². The molecule has 2 heteroatoms. The van der Waals surface area contributed by atoms with Gasteiger partial charge in [0.15, 0.2) is 7.38 Å². The van der Waals surface area contributed by atoms with Crippen molar-refractivity contribution in [1.29, 1.82) is 0 Å². The fourth-order valence-corrected chi connectivity index (χ4v) is 12.9. The molecule has 4 unspecified atom stereocenters. The summed E-state index contributed by atoms with van der Waals surface area (Å²) in [4.78, 5) is 0. The van der Waals surface area contributed by atoms with E-state index in [4.69, 9.17) is 11.1 Å². The highest BCUT2D eigenvalue weighted by molar-refractivity contribution is 7.29. The minimum absolute atomic E-state index is 0.774. The molecule has 1 aromatic carbocycles. The van der Waals surface area contributed by atoms with Crippen LogP contribution in [-0.4, -0.2) is 7.38 Å². The van der Waals surface area contributed by atoms with Crippen molar-refractivity contribution in [2.45, 2.75) is 76.3 Å². The van der Waals surface area contributed by atoms with Crippen LogP contribution in [0.2, 0.25) is 11.1 Å². The quantitative estimate of drug-likeness (QED) is 0.453. The Morgan fingerprint density at radius 1 is 0.773 bits per heavy atom. The van der Waals surface area contributed by atoms with Crippen molar-refractivity contribution in [3.8, 4) is 0 Å². The smallest absolute Gasteiger partial charge is 0.160 e. The van der Waals surface area contributed by atoms with E-state index in [2.05, 4.69) is 44.2 Å². The highest BCUT2D eigenvalue weighted by atomic mass is 35.6. The molecule has 4 atom stereocenters. The summed E-state index contributed by atoms with van der Waals surface area (Å²) >= 11 is 7.75. The maximum atomic E-state index is 7.75. The van der Waals surface area contributed by atoms with Crippen LogP contribution in [0.15, 0.2) is 30.3 Å². The average Bonchev–Trinajstić information content (AvgIpc) is 2.56. The Labute approximate surface area is 142 Å². The zero-order valence-electron chi connectivity index (χ0n) is 14.2. The average molecular weight is 335 g/mol. The first kappa shape index (κ1) is 16.6. The molecule has 0 aromatic heterocycles. The van der Waals surface area contributed by atoms with Crippen LogP contribution in [0.25, 0.3) is 0 Å². The summed E-state index contributed by atoms with van der Waals surface area (Å²) in [6.07, 6.45) is 11.1. The molecule has 0 bridgehead atoms. The second-order valence-electron chi connectivity index (χ2n) is 7.87. The van der Waals surface area contributed by atoms with Gasteiger partial charge in [0.2, 0.25) is 0 Å². The first-order valence-electron chi connectivity index (χ1n) is 9.38. The molecule has 0 saturated heterocycles. The van der Waals surface area contributed by atoms with Crippen LogP contribution in [0, 0.1) is 11.8 Å². The molecule has 122 valence electrons. The van der Waals surface area contributed by atoms with E-state index in [-0.39, 0.29) is 0 Å². The number of rotatable bonds is 3. The largest absolute Gasteiger partial charge is 0.193 e. The molecular weight excluding hydrogens is 304 g/mol. The minimum atomic E-state index is -1.98. The Morgan fingerprint density at radius 2 is 1.23 bits per heavy atom. The lowest BCUT2D eigenvalue weighted by Crippen LogP contribution is -2.55. The van der Waals surface area contributed by atoms with Crippen molar-refractivity contribution in [2.24, 2.45) is 11.8 Å². The number of benzene rings is 1. The van der Waals surface area contributed by atoms with Gasteiger partial charge >= 0.3 is 0 Å². The SMILES string of the molecule is CC1CCCCC1[Si](Cl)(c1ccccc1)C1CCCCC1C. The molecule has 3 rings (SSSR count). The summed E-state index contributed by atoms with van der Waals surface area (Å²) in [5.74, 6) is 1.62. The Bertz CT molecular complexity index is 450. The van der Waals surface area contributed by atoms with E-state index in [1.165, 1.54) is 56.6 Å². The second kappa shape index (κ2) is 7.09. The van der Waals surface area contributed by atoms with Crippen LogP contribution in [-0.2, 0) is 0 Å². The molecule has 0 heterocycles. The lowest BCUT2D eigenvalue weighted by atomic mass is 9.89. The third kappa shape index (κ3) is 3.04. The van der Waals surface area contributed by atoms with Crippen LogP contribution < -0.4 is 5.19 Å². The van der Waals surface area contributed by atoms with Crippen molar-refractivity contribution >= 4 is 23.6 Å². The first-order chi connectivity index (χ1) is 10.6. The van der Waals surface area contributed by atoms with Crippen LogP contribution in [0.1, 0.15) is 65.2 Å². The summed E-state index contributed by atoms with van der Waals surface area (Å²) < 4.78 is 0. The standard InChI is InChI=1S/C20H31ClSi/c1-16-10-6-8-14-19(16)22(21,18-12-4-3-5-13-18)20-15-9-7-11-17(20)2/h3-5,12-13,16-17,19-20H,6-11,14-15H2,1-2H3. The van der Waals surface area contributed by atoms with Crippen LogP contribution in [0.3, 0.4) is 0 Å². The van der Waals surface area contributed by atoms with Gasteiger partial charge < -0.3 is 0 Å². The molecule has 0 nitrogen and oxygen atoms in total. The van der Waals surface area contributed by atoms with Gasteiger partial charge in [0.05, 0.1) is 0 Å². The van der Waals surface area contributed by atoms with Gasteiger partial charge in [0, 0.05) is 0 Å². The zero-order chi connectivity index (χ0) is 15.6. The van der Waals surface area contributed by atoms with Crippen molar-refractivity contribution in [3.05, 3.63) is 30.3 Å². The molecule has 0 radical (unpaired) electrons. The number of hydrogen-bond donors (Lipinski definition) is 0. The molecular formula is C20H31ClSi. The zero-order valence-corrected chi connectivity index (χ0v) is 16.0. The predicted octanol–water partition coefficient (Wildman–Crippen LogP) is 6.24. The summed E-state index contributed by atoms with van der Waals surface area (Å²) in [5.41, 5.74) is 1.55. The molecule has 0 N–H and O–H groups in total. The van der Waals surface area contributed by atoms with Crippen LogP contribution >= 0.6 is 11.1 Å². The fraction of sp³-hybridized carbons (Fsp3) is 0.700. The van der Waals surface area contributed by atoms with E-state index in [9.17, 15) is 0 Å². The van der Waals surface area contributed by atoms with Crippen molar-refractivity contribution < 1.29 is 0 Å². The van der Waals surface area contributed by atoms with Gasteiger partial charge in [-0.1, -0.05) is 95.5 Å². The lowest BCUT2D eigenvalue weighted by molar-refractivity contribution is 0.346. The van der Waals surface area contributed by atoms with Gasteiger partial charge in [-0.25, -0.2) is 0 Å². The second-order valence-corrected chi connectivity index (χ2v) is 13.3. The monoisotopic (exact) mass is 334 g/mol. The van der Waals surface area contributed by atoms with Crippen molar-refractivity contribution in [3.63, 3.8) is 0 Å². The Hall–Kier alpha value is -0.273. The van der Waals surface area contributed by atoms with E-state index in [1.807, 2.05) is 0 Å². The summed E-state index contributed by atoms with van der Waals surface area (Å²) in [7, 11) is -1.98. The van der Waals surface area contributed by atoms with E-state index < -0.39 is 7.38 Å². The van der Waals surface area contributed by atoms with Crippen molar-refractivity contribution in [1.82, 2.24) is 0 Å². The van der Waals surface area contributed by atoms with Gasteiger partial charge in [0.25, 0.3) is 0 Å². The molecule has 2 saturated carbocycles. The maximum absolute atomic E-state index is 7.75. The van der Waals surface area contributed by atoms with Crippen LogP contribution in [0.5, 0.6) is 0 Å². The molecule has 2 aliphatic carbocycles. The van der Waals surface area contributed by atoms with E-state index in [0.29, 0.717) is 0 Å². The first-order valence-corrected chi connectivity index (χ1v) is 12.5. The topological polar surface area (TPSA) is 0 Å². The van der Waals surface area contributed by atoms with E-state index in [0.717, 1.165) is 22.9 Å². The summed E-state index contributed by atoms with van der Waals surface area (Å²) in [6.45, 7) is 4.95. The third-order valence-corrected chi connectivity index (χ3v) is 13.9. The predicted molar refractivity (Wildman–Crippen MR) is 100 cm³/mol. The Balaban J connectivity index is 2.01. The molecule has 0 aliphatic heterocycles. The molecule has 22 heavy (non-hydrogen) atoms. The van der Waals surface area contributed by atoms with Gasteiger partial charge in [-0.05, 0) is 28.1 Å². The number of hydrogen-bond acceptors (Lipinski definition) is 0. The Morgan fingerprint density at radius 3 is 1.68 bits per heavy atom. The van der Waals surface area contributed by atoms with E-state index in [1.54, 1.807) is 0 Å². The van der Waals surface area contributed by atoms with Gasteiger partial charge in [-0.3, -0.25) is 0 Å². The van der Waals surface area contributed by atoms with Gasteiger partial charge in [-0.15, -0.1) is 0 Å². The van der Waals surface area contributed by atoms with Gasteiger partial charge in [0.1, 0.15) is 0 Å². The fourth-order valence-electron chi connectivity index (χ4n) is 5.28. The highest BCUT2D eigenvalue weighted by Crippen LogP contribution is 2.53. The molecule has 2 fully saturated rings. The summed E-state index contributed by atoms with van der Waals surface area (Å²) in [6, 6.07) is 11.3. The summed E-state index contributed by atoms with van der Waals surface area (Å²) in [5, 5.41) is 1.52. The molecule has 0 spiro atoms. The third-order valence-electron chi connectivity index (χ3n) is 6.52. The maximum Gasteiger partial charge on any atom is 0.193 e. The van der Waals surface area contributed by atoms with Crippen molar-refractivity contribution in [2.75, 3.05) is 0 Å². The normalized spacial score (nSPS) is 35.8. The van der Waals surface area contributed by atoms with Gasteiger partial charge in [-0.2, -0.15) is 11.1 Å². The molecule has 2 aliphatic rings. The van der Waals surface area contributed by atoms with Crippen LogP contribution in [0.4, 0.5) is 0 Å². The molecule has 1 aromatic rings. The lowest BCUT2D eigenvalue weighted by Gasteiger charge is -2.48. The number of halogens is 1. The highest BCUT2D eigenvalue weighted by Gasteiger charge is 2.52. The minimum Gasteiger partial charge on any atom is -0.160 e. The molecule has 0 amide bonds.